The van der Waals surface area contributed by atoms with Crippen LogP contribution in [0, 0.1) is 11.8 Å². The third kappa shape index (κ3) is 3.13. The molecule has 1 spiro atoms. The standard InChI is InChI=1S/C23H23ClO3/c1-15(17-3-5-18(6-4-17)19-7-10-21(24)11-8-19)22-14-25-23(27-26-22)13-16-2-9-20(23)12-16/h3-8,10-11,16,20,22H,1-2,9,12-14H2. The minimum absolute atomic E-state index is 0.267. The third-order valence-corrected chi connectivity index (χ3v) is 6.59. The van der Waals surface area contributed by atoms with Crippen LogP contribution in [0.4, 0.5) is 0 Å². The Labute approximate surface area is 164 Å². The first-order valence-electron chi connectivity index (χ1n) is 9.66. The van der Waals surface area contributed by atoms with E-state index in [-0.39, 0.29) is 6.10 Å². The van der Waals surface area contributed by atoms with Crippen molar-refractivity contribution in [2.75, 3.05) is 6.61 Å². The molecule has 0 radical (unpaired) electrons. The first-order valence-corrected chi connectivity index (χ1v) is 10.0. The predicted molar refractivity (Wildman–Crippen MR) is 106 cm³/mol. The van der Waals surface area contributed by atoms with Crippen LogP contribution >= 0.6 is 11.6 Å². The fraction of sp³-hybridized carbons (Fsp3) is 0.391. The van der Waals surface area contributed by atoms with E-state index < -0.39 is 5.79 Å². The van der Waals surface area contributed by atoms with Gasteiger partial charge in [-0.2, -0.15) is 0 Å². The Morgan fingerprint density at radius 2 is 1.70 bits per heavy atom. The zero-order valence-corrected chi connectivity index (χ0v) is 16.0. The zero-order valence-electron chi connectivity index (χ0n) is 15.2. The van der Waals surface area contributed by atoms with Crippen LogP contribution < -0.4 is 0 Å². The van der Waals surface area contributed by atoms with Gasteiger partial charge in [-0.3, -0.25) is 0 Å². The number of hydrogen-bond donors (Lipinski definition) is 0. The summed E-state index contributed by atoms with van der Waals surface area (Å²) in [5.41, 5.74) is 4.20. The Hall–Kier alpha value is -1.65. The van der Waals surface area contributed by atoms with E-state index in [0.29, 0.717) is 12.5 Å². The Balaban J connectivity index is 1.26. The highest BCUT2D eigenvalue weighted by molar-refractivity contribution is 6.30. The maximum atomic E-state index is 6.20. The van der Waals surface area contributed by atoms with Crippen molar-refractivity contribution in [2.45, 2.75) is 37.6 Å². The van der Waals surface area contributed by atoms with Gasteiger partial charge in [0.05, 0.1) is 6.61 Å². The summed E-state index contributed by atoms with van der Waals surface area (Å²) < 4.78 is 6.20. The van der Waals surface area contributed by atoms with Crippen LogP contribution in [0.3, 0.4) is 0 Å². The maximum Gasteiger partial charge on any atom is 0.204 e. The van der Waals surface area contributed by atoms with Gasteiger partial charge < -0.3 is 4.74 Å². The second-order valence-electron chi connectivity index (χ2n) is 7.98. The molecule has 3 aliphatic rings. The molecule has 4 unspecified atom stereocenters. The number of hydrogen-bond acceptors (Lipinski definition) is 3. The van der Waals surface area contributed by atoms with Gasteiger partial charge in [-0.05, 0) is 59.6 Å². The van der Waals surface area contributed by atoms with Crippen molar-refractivity contribution in [1.82, 2.24) is 0 Å². The van der Waals surface area contributed by atoms with Gasteiger partial charge >= 0.3 is 0 Å². The molecule has 4 atom stereocenters. The molecule has 3 nitrogen and oxygen atoms in total. The molecule has 0 amide bonds. The fourth-order valence-electron chi connectivity index (χ4n) is 4.78. The molecule has 1 saturated heterocycles. The average Bonchev–Trinajstić information content (AvgIpc) is 3.30. The molecule has 1 heterocycles. The molecule has 27 heavy (non-hydrogen) atoms. The molecule has 0 aromatic heterocycles. The molecule has 1 aliphatic heterocycles. The minimum atomic E-state index is -0.502. The van der Waals surface area contributed by atoms with E-state index in [1.807, 2.05) is 24.3 Å². The van der Waals surface area contributed by atoms with Gasteiger partial charge in [-0.25, -0.2) is 9.78 Å². The van der Waals surface area contributed by atoms with E-state index in [0.717, 1.165) is 39.6 Å². The van der Waals surface area contributed by atoms with E-state index in [9.17, 15) is 0 Å². The quantitative estimate of drug-likeness (QED) is 0.620. The van der Waals surface area contributed by atoms with Crippen molar-refractivity contribution in [3.8, 4) is 11.1 Å². The summed E-state index contributed by atoms with van der Waals surface area (Å²) in [4.78, 5) is 11.6. The van der Waals surface area contributed by atoms with Gasteiger partial charge in [0.1, 0.15) is 6.10 Å². The van der Waals surface area contributed by atoms with Gasteiger partial charge in [-0.15, -0.1) is 0 Å². The Kier molecular flexibility index (Phi) is 4.36. The van der Waals surface area contributed by atoms with E-state index in [1.165, 1.54) is 19.3 Å². The monoisotopic (exact) mass is 382 g/mol. The average molecular weight is 383 g/mol. The van der Waals surface area contributed by atoms with Crippen molar-refractivity contribution in [3.63, 3.8) is 0 Å². The smallest absolute Gasteiger partial charge is 0.204 e. The summed E-state index contributed by atoms with van der Waals surface area (Å²) in [5.74, 6) is 0.715. The Morgan fingerprint density at radius 1 is 1.00 bits per heavy atom. The minimum Gasteiger partial charge on any atom is -0.344 e. The highest BCUT2D eigenvalue weighted by atomic mass is 35.5. The van der Waals surface area contributed by atoms with Gasteiger partial charge in [0, 0.05) is 17.4 Å². The SMILES string of the molecule is C=C(c1ccc(-c2ccc(Cl)cc2)cc1)C1COC2(CC3CCC2C3)OO1. The van der Waals surface area contributed by atoms with Crippen molar-refractivity contribution in [1.29, 1.82) is 0 Å². The zero-order chi connectivity index (χ0) is 18.4. The van der Waals surface area contributed by atoms with E-state index in [4.69, 9.17) is 26.1 Å². The lowest BCUT2D eigenvalue weighted by Gasteiger charge is -2.41. The Bertz CT molecular complexity index is 835. The van der Waals surface area contributed by atoms with Gasteiger partial charge in [0.15, 0.2) is 0 Å². The van der Waals surface area contributed by atoms with E-state index in [1.54, 1.807) is 0 Å². The molecular weight excluding hydrogens is 360 g/mol. The first-order chi connectivity index (χ1) is 13.1. The number of benzene rings is 2. The normalized spacial score (nSPS) is 32.1. The summed E-state index contributed by atoms with van der Waals surface area (Å²) in [7, 11) is 0. The highest BCUT2D eigenvalue weighted by Crippen LogP contribution is 2.54. The Morgan fingerprint density at radius 3 is 2.26 bits per heavy atom. The van der Waals surface area contributed by atoms with Gasteiger partial charge in [-0.1, -0.05) is 54.6 Å². The third-order valence-electron chi connectivity index (χ3n) is 6.34. The van der Waals surface area contributed by atoms with Crippen LogP contribution in [-0.2, 0) is 14.5 Å². The maximum absolute atomic E-state index is 6.20. The van der Waals surface area contributed by atoms with Crippen LogP contribution in [0.5, 0.6) is 0 Å². The number of ether oxygens (including phenoxy) is 1. The molecule has 2 aromatic carbocycles. The van der Waals surface area contributed by atoms with Crippen molar-refractivity contribution in [2.24, 2.45) is 11.8 Å². The van der Waals surface area contributed by atoms with Crippen LogP contribution in [0.1, 0.15) is 31.2 Å². The number of halogens is 1. The van der Waals surface area contributed by atoms with Gasteiger partial charge in [0.25, 0.3) is 0 Å². The molecule has 3 fully saturated rings. The van der Waals surface area contributed by atoms with E-state index in [2.05, 4.69) is 30.8 Å². The molecule has 0 N–H and O–H groups in total. The van der Waals surface area contributed by atoms with Crippen LogP contribution in [0.2, 0.25) is 5.02 Å². The van der Waals surface area contributed by atoms with E-state index >= 15 is 0 Å². The van der Waals surface area contributed by atoms with Crippen LogP contribution in [0.25, 0.3) is 16.7 Å². The fourth-order valence-corrected chi connectivity index (χ4v) is 4.91. The summed E-state index contributed by atoms with van der Waals surface area (Å²) in [6.07, 6.45) is 4.39. The summed E-state index contributed by atoms with van der Waals surface area (Å²) in [6, 6.07) is 16.2. The molecular formula is C23H23ClO3. The molecule has 140 valence electrons. The van der Waals surface area contributed by atoms with Crippen molar-refractivity contribution in [3.05, 3.63) is 65.7 Å². The van der Waals surface area contributed by atoms with Gasteiger partial charge in [0.2, 0.25) is 5.79 Å². The molecule has 2 aromatic rings. The molecule has 2 aliphatic carbocycles. The molecule has 5 rings (SSSR count). The summed E-state index contributed by atoms with van der Waals surface area (Å²) in [5, 5.41) is 0.742. The molecule has 4 heteroatoms. The van der Waals surface area contributed by atoms with Crippen LogP contribution in [0.15, 0.2) is 55.1 Å². The summed E-state index contributed by atoms with van der Waals surface area (Å²) in [6.45, 7) is 4.72. The lowest BCUT2D eigenvalue weighted by molar-refractivity contribution is -0.488. The highest BCUT2D eigenvalue weighted by Gasteiger charge is 2.56. The molecule has 2 bridgehead atoms. The predicted octanol–water partition coefficient (Wildman–Crippen LogP) is 5.88. The topological polar surface area (TPSA) is 27.7 Å². The lowest BCUT2D eigenvalue weighted by Crippen LogP contribution is -2.48. The first kappa shape index (κ1) is 17.4. The molecule has 2 saturated carbocycles. The second-order valence-corrected chi connectivity index (χ2v) is 8.42. The lowest BCUT2D eigenvalue weighted by atomic mass is 9.93. The summed E-state index contributed by atoms with van der Waals surface area (Å²) >= 11 is 5.97. The van der Waals surface area contributed by atoms with Crippen molar-refractivity contribution >= 4 is 17.2 Å². The van der Waals surface area contributed by atoms with Crippen LogP contribution in [-0.4, -0.2) is 18.5 Å². The second kappa shape index (κ2) is 6.75. The largest absolute Gasteiger partial charge is 0.344 e. The number of fused-ring (bicyclic) bond motifs is 3. The number of rotatable bonds is 3. The van der Waals surface area contributed by atoms with Crippen molar-refractivity contribution < 1.29 is 14.5 Å².